The van der Waals surface area contributed by atoms with E-state index in [-0.39, 0.29) is 10.4 Å². The lowest BCUT2D eigenvalue weighted by Crippen LogP contribution is -2.32. The Labute approximate surface area is 98.5 Å². The lowest BCUT2D eigenvalue weighted by Gasteiger charge is -2.24. The molecule has 0 aromatic carbocycles. The third-order valence-corrected chi connectivity index (χ3v) is 3.57. The minimum atomic E-state index is 0.162. The minimum absolute atomic E-state index is 0.162. The molecule has 1 aromatic rings. The highest BCUT2D eigenvalue weighted by Crippen LogP contribution is 2.26. The summed E-state index contributed by atoms with van der Waals surface area (Å²) < 4.78 is 5.04. The molecule has 1 unspecified atom stereocenters. The smallest absolute Gasteiger partial charge is 0.186 e. The average Bonchev–Trinajstić information content (AvgIpc) is 2.73. The lowest BCUT2D eigenvalue weighted by atomic mass is 10.1. The Hall–Kier alpha value is -1.07. The first kappa shape index (κ1) is 11.4. The summed E-state index contributed by atoms with van der Waals surface area (Å²) in [5.41, 5.74) is 1.20. The Morgan fingerprint density at radius 2 is 2.62 bits per heavy atom. The summed E-state index contributed by atoms with van der Waals surface area (Å²) in [7, 11) is 0. The number of hydrogen-bond donors (Lipinski definition) is 1. The summed E-state index contributed by atoms with van der Waals surface area (Å²) in [6.07, 6.45) is 4.57. The third-order valence-electron chi connectivity index (χ3n) is 2.42. The van der Waals surface area contributed by atoms with Crippen molar-refractivity contribution in [1.29, 1.82) is 0 Å². The number of nitrogens with one attached hydrogen (secondary N) is 1. The highest BCUT2D eigenvalue weighted by Gasteiger charge is 2.21. The number of piperidine rings is 1. The zero-order valence-electron chi connectivity index (χ0n) is 9.10. The normalized spacial score (nSPS) is 23.6. The molecule has 0 aliphatic carbocycles. The number of carbonyl (C=O) groups excluding carboxylic acids is 1. The van der Waals surface area contributed by atoms with E-state index in [2.05, 4.69) is 10.5 Å². The highest BCUT2D eigenvalue weighted by molar-refractivity contribution is 8.14. The van der Waals surface area contributed by atoms with Gasteiger partial charge in [-0.3, -0.25) is 4.79 Å². The van der Waals surface area contributed by atoms with Crippen molar-refractivity contribution >= 4 is 23.0 Å². The van der Waals surface area contributed by atoms with E-state index < -0.39 is 0 Å². The largest absolute Gasteiger partial charge is 0.357 e. The molecule has 0 saturated carbocycles. The Morgan fingerprint density at radius 1 is 1.75 bits per heavy atom. The second kappa shape index (κ2) is 5.32. The van der Waals surface area contributed by atoms with Crippen LogP contribution in [-0.2, 0) is 4.79 Å². The number of hydrogen-bond acceptors (Lipinski definition) is 5. The summed E-state index contributed by atoms with van der Waals surface area (Å²) >= 11 is 1.40. The van der Waals surface area contributed by atoms with Gasteiger partial charge in [-0.2, -0.15) is 0 Å². The van der Waals surface area contributed by atoms with Crippen LogP contribution in [0.1, 0.15) is 19.1 Å². The number of carbonyl (C=O) groups is 1. The second-order valence-corrected chi connectivity index (χ2v) is 5.08. The van der Waals surface area contributed by atoms with Crippen molar-refractivity contribution in [2.75, 3.05) is 13.1 Å². The van der Waals surface area contributed by atoms with Gasteiger partial charge in [0.1, 0.15) is 0 Å². The summed E-state index contributed by atoms with van der Waals surface area (Å²) in [6.45, 7) is 3.38. The van der Waals surface area contributed by atoms with Crippen molar-refractivity contribution in [2.45, 2.75) is 18.6 Å². The Kier molecular flexibility index (Phi) is 3.79. The van der Waals surface area contributed by atoms with Crippen molar-refractivity contribution < 1.29 is 9.32 Å². The molecular weight excluding hydrogens is 224 g/mol. The van der Waals surface area contributed by atoms with E-state index in [0.717, 1.165) is 25.3 Å². The van der Waals surface area contributed by atoms with Crippen LogP contribution >= 0.6 is 11.8 Å². The molecular formula is C11H14N2O2S. The molecule has 0 spiro atoms. The molecule has 4 nitrogen and oxygen atoms in total. The van der Waals surface area contributed by atoms with Gasteiger partial charge in [-0.05, 0) is 24.6 Å². The molecule has 2 heterocycles. The van der Waals surface area contributed by atoms with Gasteiger partial charge in [0.2, 0.25) is 0 Å². The number of thioether (sulfide) groups is 1. The van der Waals surface area contributed by atoms with Crippen molar-refractivity contribution in [3.05, 3.63) is 23.6 Å². The molecule has 1 aromatic heterocycles. The predicted molar refractivity (Wildman–Crippen MR) is 64.0 cm³/mol. The van der Waals surface area contributed by atoms with Gasteiger partial charge < -0.3 is 9.84 Å². The lowest BCUT2D eigenvalue weighted by molar-refractivity contribution is -0.109. The second-order valence-electron chi connectivity index (χ2n) is 3.70. The van der Waals surface area contributed by atoms with Gasteiger partial charge in [0.25, 0.3) is 0 Å². The van der Waals surface area contributed by atoms with E-state index in [4.69, 9.17) is 4.52 Å². The van der Waals surface area contributed by atoms with Crippen molar-refractivity contribution in [2.24, 2.45) is 0 Å². The minimum Gasteiger partial charge on any atom is -0.357 e. The summed E-state index contributed by atoms with van der Waals surface area (Å²) in [5.74, 6) is 0.743. The zero-order chi connectivity index (χ0) is 11.4. The first-order chi connectivity index (χ1) is 7.75. The molecule has 1 saturated heterocycles. The van der Waals surface area contributed by atoms with Gasteiger partial charge in [0.15, 0.2) is 10.9 Å². The van der Waals surface area contributed by atoms with Gasteiger partial charge in [-0.1, -0.05) is 16.9 Å². The van der Waals surface area contributed by atoms with Gasteiger partial charge in [0, 0.05) is 24.8 Å². The Bertz CT molecular complexity index is 387. The van der Waals surface area contributed by atoms with Gasteiger partial charge >= 0.3 is 0 Å². The van der Waals surface area contributed by atoms with Crippen molar-refractivity contribution in [1.82, 2.24) is 10.5 Å². The molecule has 16 heavy (non-hydrogen) atoms. The Morgan fingerprint density at radius 3 is 3.31 bits per heavy atom. The standard InChI is InChI=1S/C11H14N2O2S/c1-8(14)16-11-3-4-12-7-9(11)6-10-2-5-13-15-10/h2,5-6,11-12H,3-4,7H2,1H3/b9-6+. The maximum absolute atomic E-state index is 11.1. The predicted octanol–water partition coefficient (Wildman–Crippen LogP) is 1.70. The van der Waals surface area contributed by atoms with Crippen LogP contribution in [0.5, 0.6) is 0 Å². The highest BCUT2D eigenvalue weighted by atomic mass is 32.2. The summed E-state index contributed by atoms with van der Waals surface area (Å²) in [5, 5.41) is 7.39. The molecule has 1 aliphatic rings. The molecule has 0 bridgehead atoms. The molecule has 1 N–H and O–H groups in total. The number of aromatic nitrogens is 1. The van der Waals surface area contributed by atoms with Crippen LogP contribution in [0.25, 0.3) is 6.08 Å². The SMILES string of the molecule is CC(=O)SC1CCNC/C1=C\c1ccno1. The van der Waals surface area contributed by atoms with Crippen LogP contribution < -0.4 is 5.32 Å². The van der Waals surface area contributed by atoms with Crippen LogP contribution in [0.15, 0.2) is 22.4 Å². The van der Waals surface area contributed by atoms with Gasteiger partial charge in [0.05, 0.1) is 6.20 Å². The summed E-state index contributed by atoms with van der Waals surface area (Å²) in [6, 6.07) is 1.82. The van der Waals surface area contributed by atoms with E-state index in [0.29, 0.717) is 0 Å². The molecule has 1 fully saturated rings. The molecule has 0 amide bonds. The van der Waals surface area contributed by atoms with Crippen LogP contribution in [0, 0.1) is 0 Å². The van der Waals surface area contributed by atoms with E-state index >= 15 is 0 Å². The van der Waals surface area contributed by atoms with E-state index in [1.54, 1.807) is 13.1 Å². The van der Waals surface area contributed by atoms with Crippen LogP contribution in [0.2, 0.25) is 0 Å². The zero-order valence-corrected chi connectivity index (χ0v) is 9.92. The number of rotatable bonds is 2. The fourth-order valence-electron chi connectivity index (χ4n) is 1.73. The number of nitrogens with zero attached hydrogens (tertiary/aromatic N) is 1. The van der Waals surface area contributed by atoms with Gasteiger partial charge in [-0.15, -0.1) is 0 Å². The first-order valence-corrected chi connectivity index (χ1v) is 6.13. The molecule has 2 rings (SSSR count). The maximum atomic E-state index is 11.1. The van der Waals surface area contributed by atoms with E-state index in [1.807, 2.05) is 12.1 Å². The molecule has 1 atom stereocenters. The van der Waals surface area contributed by atoms with Gasteiger partial charge in [-0.25, -0.2) is 0 Å². The topological polar surface area (TPSA) is 55.1 Å². The Balaban J connectivity index is 2.12. The fraction of sp³-hybridized carbons (Fsp3) is 0.455. The fourth-order valence-corrected chi connectivity index (χ4v) is 2.67. The van der Waals surface area contributed by atoms with Crippen molar-refractivity contribution in [3.63, 3.8) is 0 Å². The summed E-state index contributed by atoms with van der Waals surface area (Å²) in [4.78, 5) is 11.1. The molecule has 0 radical (unpaired) electrons. The van der Waals surface area contributed by atoms with Crippen LogP contribution in [0.3, 0.4) is 0 Å². The van der Waals surface area contributed by atoms with E-state index in [1.165, 1.54) is 17.3 Å². The van der Waals surface area contributed by atoms with Crippen molar-refractivity contribution in [3.8, 4) is 0 Å². The van der Waals surface area contributed by atoms with E-state index in [9.17, 15) is 4.79 Å². The molecule has 5 heteroatoms. The quantitative estimate of drug-likeness (QED) is 0.850. The average molecular weight is 238 g/mol. The van der Waals surface area contributed by atoms with Crippen LogP contribution in [-0.4, -0.2) is 28.6 Å². The third kappa shape index (κ3) is 2.96. The van der Waals surface area contributed by atoms with Crippen LogP contribution in [0.4, 0.5) is 0 Å². The maximum Gasteiger partial charge on any atom is 0.186 e. The molecule has 1 aliphatic heterocycles. The monoisotopic (exact) mass is 238 g/mol. The first-order valence-electron chi connectivity index (χ1n) is 5.25. The molecule has 86 valence electrons.